The van der Waals surface area contributed by atoms with E-state index in [1.54, 1.807) is 37.4 Å². The number of carbonyl (C=O) groups is 2. The van der Waals surface area contributed by atoms with Crippen molar-refractivity contribution in [1.29, 1.82) is 0 Å². The summed E-state index contributed by atoms with van der Waals surface area (Å²) in [5.41, 5.74) is 2.71. The highest BCUT2D eigenvalue weighted by molar-refractivity contribution is 5.95. The molecule has 0 bridgehead atoms. The van der Waals surface area contributed by atoms with E-state index in [0.717, 1.165) is 36.2 Å². The van der Waals surface area contributed by atoms with Crippen LogP contribution in [0.5, 0.6) is 0 Å². The second-order valence-electron chi connectivity index (χ2n) is 7.29. The number of para-hydroxylation sites is 2. The van der Waals surface area contributed by atoms with Gasteiger partial charge in [-0.1, -0.05) is 18.2 Å². The average Bonchev–Trinajstić information content (AvgIpc) is 2.79. The van der Waals surface area contributed by atoms with Gasteiger partial charge in [0.05, 0.1) is 35.3 Å². The van der Waals surface area contributed by atoms with Crippen LogP contribution in [0.1, 0.15) is 30.1 Å². The minimum absolute atomic E-state index is 0.0607. The molecule has 1 fully saturated rings. The summed E-state index contributed by atoms with van der Waals surface area (Å²) in [6.45, 7) is 3.49. The summed E-state index contributed by atoms with van der Waals surface area (Å²) in [4.78, 5) is 36.1. The second-order valence-corrected chi connectivity index (χ2v) is 7.29. The molecule has 0 saturated carbocycles. The fourth-order valence-corrected chi connectivity index (χ4v) is 3.68. The van der Waals surface area contributed by atoms with Crippen LogP contribution in [0.25, 0.3) is 11.0 Å². The van der Waals surface area contributed by atoms with Crippen molar-refractivity contribution in [2.75, 3.05) is 29.9 Å². The number of aromatic nitrogens is 2. The standard InChI is InChI=1S/C23H24N4O3/c1-2-30-23(29)16-7-5-9-18(13-16)25-22(28)17-8-6-12-27(15-17)21-14-24-19-10-3-4-11-20(19)26-21/h3-5,7,9-11,13-14,17H,2,6,8,12,15H2,1H3,(H,25,28)/t17-/m1/s1. The number of nitrogens with zero attached hydrogens (tertiary/aromatic N) is 3. The third-order valence-electron chi connectivity index (χ3n) is 5.19. The smallest absolute Gasteiger partial charge is 0.338 e. The fourth-order valence-electron chi connectivity index (χ4n) is 3.68. The minimum Gasteiger partial charge on any atom is -0.462 e. The van der Waals surface area contributed by atoms with Crippen LogP contribution in [-0.4, -0.2) is 41.5 Å². The van der Waals surface area contributed by atoms with Crippen LogP contribution < -0.4 is 10.2 Å². The maximum atomic E-state index is 12.9. The monoisotopic (exact) mass is 404 g/mol. The van der Waals surface area contributed by atoms with Crippen molar-refractivity contribution in [1.82, 2.24) is 9.97 Å². The van der Waals surface area contributed by atoms with E-state index in [1.807, 2.05) is 24.3 Å². The number of nitrogens with one attached hydrogen (secondary N) is 1. The van der Waals surface area contributed by atoms with Crippen molar-refractivity contribution in [2.24, 2.45) is 5.92 Å². The van der Waals surface area contributed by atoms with Gasteiger partial charge in [0.2, 0.25) is 5.91 Å². The normalized spacial score (nSPS) is 16.3. The third-order valence-corrected chi connectivity index (χ3v) is 5.19. The van der Waals surface area contributed by atoms with Gasteiger partial charge in [0.15, 0.2) is 0 Å². The van der Waals surface area contributed by atoms with E-state index >= 15 is 0 Å². The first-order valence-electron chi connectivity index (χ1n) is 10.2. The third kappa shape index (κ3) is 4.40. The summed E-state index contributed by atoms with van der Waals surface area (Å²) in [5.74, 6) is 0.163. The lowest BCUT2D eigenvalue weighted by Crippen LogP contribution is -2.41. The molecule has 1 saturated heterocycles. The number of hydrogen-bond acceptors (Lipinski definition) is 6. The molecule has 0 unspecified atom stereocenters. The van der Waals surface area contributed by atoms with E-state index < -0.39 is 5.97 Å². The fraction of sp³-hybridized carbons (Fsp3) is 0.304. The molecule has 2 heterocycles. The first-order valence-corrected chi connectivity index (χ1v) is 10.2. The molecule has 2 aromatic carbocycles. The van der Waals surface area contributed by atoms with Gasteiger partial charge >= 0.3 is 5.97 Å². The predicted molar refractivity (Wildman–Crippen MR) is 116 cm³/mol. The number of fused-ring (bicyclic) bond motifs is 1. The lowest BCUT2D eigenvalue weighted by atomic mass is 9.97. The van der Waals surface area contributed by atoms with Gasteiger partial charge in [-0.2, -0.15) is 0 Å². The molecular formula is C23H24N4O3. The molecule has 1 atom stereocenters. The number of ether oxygens (including phenoxy) is 1. The quantitative estimate of drug-likeness (QED) is 0.654. The number of benzene rings is 2. The van der Waals surface area contributed by atoms with E-state index in [9.17, 15) is 9.59 Å². The van der Waals surface area contributed by atoms with Crippen LogP contribution in [-0.2, 0) is 9.53 Å². The Labute approximate surface area is 175 Å². The average molecular weight is 404 g/mol. The van der Waals surface area contributed by atoms with Gasteiger partial charge in [0, 0.05) is 18.8 Å². The van der Waals surface area contributed by atoms with E-state index in [0.29, 0.717) is 24.4 Å². The highest BCUT2D eigenvalue weighted by atomic mass is 16.5. The molecule has 0 radical (unpaired) electrons. The van der Waals surface area contributed by atoms with E-state index in [1.165, 1.54) is 0 Å². The number of anilines is 2. The van der Waals surface area contributed by atoms with Gasteiger partial charge in [-0.3, -0.25) is 9.78 Å². The van der Waals surface area contributed by atoms with Gasteiger partial charge in [-0.15, -0.1) is 0 Å². The van der Waals surface area contributed by atoms with Crippen molar-refractivity contribution >= 4 is 34.4 Å². The zero-order chi connectivity index (χ0) is 20.9. The Balaban J connectivity index is 1.44. The Bertz CT molecular complexity index is 1070. The van der Waals surface area contributed by atoms with Crippen molar-refractivity contribution in [2.45, 2.75) is 19.8 Å². The van der Waals surface area contributed by atoms with E-state index in [4.69, 9.17) is 9.72 Å². The summed E-state index contributed by atoms with van der Waals surface area (Å²) >= 11 is 0. The van der Waals surface area contributed by atoms with Crippen molar-refractivity contribution < 1.29 is 14.3 Å². The minimum atomic E-state index is -0.396. The zero-order valence-corrected chi connectivity index (χ0v) is 16.9. The molecular weight excluding hydrogens is 380 g/mol. The molecule has 1 aromatic heterocycles. The number of piperidine rings is 1. The van der Waals surface area contributed by atoms with Crippen LogP contribution in [0.15, 0.2) is 54.7 Å². The van der Waals surface area contributed by atoms with Crippen LogP contribution in [0.2, 0.25) is 0 Å². The van der Waals surface area contributed by atoms with Crippen LogP contribution in [0.4, 0.5) is 11.5 Å². The van der Waals surface area contributed by atoms with Gasteiger partial charge < -0.3 is 15.0 Å². The van der Waals surface area contributed by atoms with Gasteiger partial charge in [-0.25, -0.2) is 9.78 Å². The lowest BCUT2D eigenvalue weighted by Gasteiger charge is -2.32. The highest BCUT2D eigenvalue weighted by Crippen LogP contribution is 2.24. The molecule has 30 heavy (non-hydrogen) atoms. The SMILES string of the molecule is CCOC(=O)c1cccc(NC(=O)[C@@H]2CCCN(c3cnc4ccccc4n3)C2)c1. The molecule has 1 aliphatic rings. The topological polar surface area (TPSA) is 84.4 Å². The summed E-state index contributed by atoms with van der Waals surface area (Å²) < 4.78 is 5.03. The van der Waals surface area contributed by atoms with Crippen molar-refractivity contribution in [3.8, 4) is 0 Å². The summed E-state index contributed by atoms with van der Waals surface area (Å²) in [6.07, 6.45) is 3.47. The van der Waals surface area contributed by atoms with E-state index in [-0.39, 0.29) is 11.8 Å². The van der Waals surface area contributed by atoms with Crippen molar-refractivity contribution in [3.63, 3.8) is 0 Å². The molecule has 154 valence electrons. The molecule has 3 aromatic rings. The Morgan fingerprint density at radius 2 is 2.00 bits per heavy atom. The largest absolute Gasteiger partial charge is 0.462 e. The summed E-state index contributed by atoms with van der Waals surface area (Å²) in [7, 11) is 0. The Hall–Kier alpha value is -3.48. The lowest BCUT2D eigenvalue weighted by molar-refractivity contribution is -0.120. The maximum Gasteiger partial charge on any atom is 0.338 e. The first kappa shape index (κ1) is 19.8. The molecule has 7 heteroatoms. The predicted octanol–water partition coefficient (Wildman–Crippen LogP) is 3.66. The first-order chi connectivity index (χ1) is 14.6. The summed E-state index contributed by atoms with van der Waals surface area (Å²) in [6, 6.07) is 14.6. The Morgan fingerprint density at radius 1 is 1.17 bits per heavy atom. The Morgan fingerprint density at radius 3 is 2.83 bits per heavy atom. The van der Waals surface area contributed by atoms with Crippen LogP contribution in [0, 0.1) is 5.92 Å². The number of amides is 1. The van der Waals surface area contributed by atoms with Crippen molar-refractivity contribution in [3.05, 3.63) is 60.3 Å². The van der Waals surface area contributed by atoms with E-state index in [2.05, 4.69) is 15.2 Å². The maximum absolute atomic E-state index is 12.9. The zero-order valence-electron chi connectivity index (χ0n) is 16.9. The number of esters is 1. The second kappa shape index (κ2) is 8.90. The number of hydrogen-bond donors (Lipinski definition) is 1. The molecule has 0 aliphatic carbocycles. The summed E-state index contributed by atoms with van der Waals surface area (Å²) in [5, 5.41) is 2.94. The van der Waals surface area contributed by atoms with Gasteiger partial charge in [-0.05, 0) is 50.1 Å². The molecule has 0 spiro atoms. The molecule has 1 amide bonds. The molecule has 7 nitrogen and oxygen atoms in total. The Kier molecular flexibility index (Phi) is 5.88. The number of carbonyl (C=O) groups excluding carboxylic acids is 2. The molecule has 1 N–H and O–H groups in total. The van der Waals surface area contributed by atoms with Crippen LogP contribution >= 0.6 is 0 Å². The molecule has 1 aliphatic heterocycles. The van der Waals surface area contributed by atoms with Gasteiger partial charge in [0.25, 0.3) is 0 Å². The van der Waals surface area contributed by atoms with Gasteiger partial charge in [0.1, 0.15) is 5.82 Å². The highest BCUT2D eigenvalue weighted by Gasteiger charge is 2.27. The number of rotatable bonds is 5. The van der Waals surface area contributed by atoms with Crippen LogP contribution in [0.3, 0.4) is 0 Å². The molecule has 4 rings (SSSR count).